The second-order valence-electron chi connectivity index (χ2n) is 5.34. The molecule has 0 saturated heterocycles. The molecule has 2 aromatic heterocycles. The Hall–Kier alpha value is -2.37. The van der Waals surface area contributed by atoms with Crippen molar-refractivity contribution in [3.8, 4) is 0 Å². The third-order valence-corrected chi connectivity index (χ3v) is 3.35. The van der Waals surface area contributed by atoms with Gasteiger partial charge in [-0.2, -0.15) is 5.10 Å². The summed E-state index contributed by atoms with van der Waals surface area (Å²) in [5.41, 5.74) is 10.4. The molecule has 0 aliphatic heterocycles. The van der Waals surface area contributed by atoms with Gasteiger partial charge in [0.25, 0.3) is 0 Å². The van der Waals surface area contributed by atoms with E-state index in [2.05, 4.69) is 35.3 Å². The van der Waals surface area contributed by atoms with Gasteiger partial charge in [0.2, 0.25) is 5.91 Å². The van der Waals surface area contributed by atoms with E-state index in [1.807, 2.05) is 13.8 Å². The highest BCUT2D eigenvalue weighted by Gasteiger charge is 2.14. The van der Waals surface area contributed by atoms with Crippen LogP contribution in [0.25, 0.3) is 0 Å². The van der Waals surface area contributed by atoms with Crippen molar-refractivity contribution in [2.45, 2.75) is 40.3 Å². The molecule has 1 unspecified atom stereocenters. The molecule has 1 atom stereocenters. The van der Waals surface area contributed by atoms with Gasteiger partial charge in [0.05, 0.1) is 17.9 Å². The van der Waals surface area contributed by atoms with Crippen molar-refractivity contribution in [3.05, 3.63) is 41.0 Å². The van der Waals surface area contributed by atoms with Crippen LogP contribution in [0.2, 0.25) is 0 Å². The van der Waals surface area contributed by atoms with Gasteiger partial charge in [-0.25, -0.2) is 0 Å². The van der Waals surface area contributed by atoms with Crippen molar-refractivity contribution >= 4 is 11.6 Å². The van der Waals surface area contributed by atoms with Gasteiger partial charge in [-0.3, -0.25) is 14.5 Å². The molecule has 21 heavy (non-hydrogen) atoms. The van der Waals surface area contributed by atoms with Crippen molar-refractivity contribution in [2.24, 2.45) is 5.73 Å². The molecule has 6 nitrogen and oxygen atoms in total. The number of primary amides is 1. The van der Waals surface area contributed by atoms with Crippen molar-refractivity contribution in [1.29, 1.82) is 0 Å². The van der Waals surface area contributed by atoms with Crippen LogP contribution >= 0.6 is 0 Å². The Bertz CT molecular complexity index is 639. The van der Waals surface area contributed by atoms with E-state index in [0.717, 1.165) is 17.1 Å². The zero-order chi connectivity index (χ0) is 15.6. The summed E-state index contributed by atoms with van der Waals surface area (Å²) in [6.07, 6.45) is 3.46. The summed E-state index contributed by atoms with van der Waals surface area (Å²) in [4.78, 5) is 15.4. The fourth-order valence-corrected chi connectivity index (χ4v) is 2.69. The number of hydrogen-bond donors (Lipinski definition) is 2. The summed E-state index contributed by atoms with van der Waals surface area (Å²) in [5, 5.41) is 7.48. The van der Waals surface area contributed by atoms with Gasteiger partial charge >= 0.3 is 0 Å². The molecule has 1 amide bonds. The molecule has 3 N–H and O–H groups in total. The first-order valence-corrected chi connectivity index (χ1v) is 6.89. The minimum absolute atomic E-state index is 0.0835. The first kappa shape index (κ1) is 15.0. The van der Waals surface area contributed by atoms with E-state index in [0.29, 0.717) is 0 Å². The van der Waals surface area contributed by atoms with Gasteiger partial charge in [0.1, 0.15) is 6.54 Å². The summed E-state index contributed by atoms with van der Waals surface area (Å²) in [5.74, 6) is -0.410. The average molecular weight is 287 g/mol. The molecule has 2 heterocycles. The molecule has 2 aromatic rings. The van der Waals surface area contributed by atoms with Crippen LogP contribution in [0.5, 0.6) is 0 Å². The highest BCUT2D eigenvalue weighted by Crippen LogP contribution is 2.24. The van der Waals surface area contributed by atoms with Crippen LogP contribution in [0, 0.1) is 20.8 Å². The van der Waals surface area contributed by atoms with Crippen LogP contribution in [0.3, 0.4) is 0 Å². The number of carbonyl (C=O) groups is 1. The molecule has 0 radical (unpaired) electrons. The number of nitrogens with zero attached hydrogens (tertiary/aromatic N) is 3. The van der Waals surface area contributed by atoms with Crippen LogP contribution in [-0.2, 0) is 11.3 Å². The Balaban J connectivity index is 2.16. The molecule has 0 aromatic carbocycles. The molecule has 0 bridgehead atoms. The van der Waals surface area contributed by atoms with Crippen LogP contribution in [0.1, 0.15) is 35.5 Å². The predicted octanol–water partition coefficient (Wildman–Crippen LogP) is 1.86. The molecule has 0 aliphatic rings. The minimum Gasteiger partial charge on any atom is -0.376 e. The van der Waals surface area contributed by atoms with Gasteiger partial charge < -0.3 is 11.1 Å². The van der Waals surface area contributed by atoms with E-state index in [-0.39, 0.29) is 12.6 Å². The molecule has 0 aliphatic carbocycles. The zero-order valence-electron chi connectivity index (χ0n) is 12.8. The van der Waals surface area contributed by atoms with Crippen molar-refractivity contribution < 1.29 is 4.79 Å². The number of amides is 1. The lowest BCUT2D eigenvalue weighted by Gasteiger charge is -2.19. The van der Waals surface area contributed by atoms with Gasteiger partial charge in [0, 0.05) is 17.6 Å². The predicted molar refractivity (Wildman–Crippen MR) is 81.9 cm³/mol. The molecule has 2 rings (SSSR count). The Kier molecular flexibility index (Phi) is 4.26. The Morgan fingerprint density at radius 3 is 2.76 bits per heavy atom. The van der Waals surface area contributed by atoms with Gasteiger partial charge in [-0.05, 0) is 44.9 Å². The second-order valence-corrected chi connectivity index (χ2v) is 5.34. The summed E-state index contributed by atoms with van der Waals surface area (Å²) >= 11 is 0. The largest absolute Gasteiger partial charge is 0.376 e. The van der Waals surface area contributed by atoms with E-state index >= 15 is 0 Å². The lowest BCUT2D eigenvalue weighted by atomic mass is 10.0. The Morgan fingerprint density at radius 1 is 1.43 bits per heavy atom. The van der Waals surface area contributed by atoms with Crippen molar-refractivity contribution in [2.75, 3.05) is 5.32 Å². The normalized spacial score (nSPS) is 12.2. The number of rotatable bonds is 5. The number of aryl methyl sites for hydroxylation is 3. The maximum atomic E-state index is 10.9. The van der Waals surface area contributed by atoms with Crippen LogP contribution in [0.4, 0.5) is 5.69 Å². The highest BCUT2D eigenvalue weighted by atomic mass is 16.1. The van der Waals surface area contributed by atoms with Gasteiger partial charge in [-0.1, -0.05) is 0 Å². The number of nitrogens with two attached hydrogens (primary N) is 1. The quantitative estimate of drug-likeness (QED) is 0.879. The molecule has 0 fully saturated rings. The average Bonchev–Trinajstić information content (AvgIpc) is 2.73. The topological polar surface area (TPSA) is 85.8 Å². The van der Waals surface area contributed by atoms with Crippen molar-refractivity contribution in [1.82, 2.24) is 14.8 Å². The van der Waals surface area contributed by atoms with Crippen LogP contribution < -0.4 is 11.1 Å². The van der Waals surface area contributed by atoms with Gasteiger partial charge in [0.15, 0.2) is 0 Å². The molecular formula is C15H21N5O. The third kappa shape index (κ3) is 3.59. The van der Waals surface area contributed by atoms with E-state index in [4.69, 9.17) is 5.73 Å². The monoisotopic (exact) mass is 287 g/mol. The van der Waals surface area contributed by atoms with E-state index < -0.39 is 5.91 Å². The number of hydrogen-bond acceptors (Lipinski definition) is 4. The summed E-state index contributed by atoms with van der Waals surface area (Å²) in [6.45, 7) is 8.27. The number of anilines is 1. The highest BCUT2D eigenvalue weighted by molar-refractivity contribution is 5.73. The fourth-order valence-electron chi connectivity index (χ4n) is 2.69. The van der Waals surface area contributed by atoms with Crippen LogP contribution in [-0.4, -0.2) is 20.7 Å². The maximum absolute atomic E-state index is 10.9. The Morgan fingerprint density at radius 2 is 2.14 bits per heavy atom. The SMILES string of the molecule is Cc1cc(C)c(C(C)Nc2cnn(CC(N)=O)c2)c(C)n1. The standard InChI is InChI=1S/C15H21N5O/c1-9-5-10(2)18-11(3)15(9)12(4)19-13-6-17-20(7-13)8-14(16)21/h5-7,12,19H,8H2,1-4H3,(H2,16,21). The van der Waals surface area contributed by atoms with E-state index in [9.17, 15) is 4.79 Å². The van der Waals surface area contributed by atoms with E-state index in [1.54, 1.807) is 12.4 Å². The molecule has 6 heteroatoms. The Labute approximate surface area is 124 Å². The first-order chi connectivity index (χ1) is 9.86. The minimum atomic E-state index is -0.410. The lowest BCUT2D eigenvalue weighted by molar-refractivity contribution is -0.118. The summed E-state index contributed by atoms with van der Waals surface area (Å²) < 4.78 is 1.52. The van der Waals surface area contributed by atoms with E-state index in [1.165, 1.54) is 15.8 Å². The molecule has 112 valence electrons. The van der Waals surface area contributed by atoms with Gasteiger partial charge in [-0.15, -0.1) is 0 Å². The summed E-state index contributed by atoms with van der Waals surface area (Å²) in [7, 11) is 0. The van der Waals surface area contributed by atoms with Crippen LogP contribution in [0.15, 0.2) is 18.5 Å². The molecule has 0 saturated carbocycles. The third-order valence-electron chi connectivity index (χ3n) is 3.35. The smallest absolute Gasteiger partial charge is 0.239 e. The number of carbonyl (C=O) groups excluding carboxylic acids is 1. The fraction of sp³-hybridized carbons (Fsp3) is 0.400. The molecular weight excluding hydrogens is 266 g/mol. The molecule has 0 spiro atoms. The maximum Gasteiger partial charge on any atom is 0.239 e. The number of aromatic nitrogens is 3. The first-order valence-electron chi connectivity index (χ1n) is 6.89. The lowest BCUT2D eigenvalue weighted by Crippen LogP contribution is -2.18. The van der Waals surface area contributed by atoms with Crippen molar-refractivity contribution in [3.63, 3.8) is 0 Å². The number of nitrogens with one attached hydrogen (secondary N) is 1. The summed E-state index contributed by atoms with van der Waals surface area (Å²) in [6, 6.07) is 2.18. The second kappa shape index (κ2) is 5.95. The zero-order valence-corrected chi connectivity index (χ0v) is 12.8. The number of pyridine rings is 1.